The van der Waals surface area contributed by atoms with Gasteiger partial charge in [-0.25, -0.2) is 0 Å². The Morgan fingerprint density at radius 1 is 0.365 bits per heavy atom. The Labute approximate surface area is 463 Å². The molecule has 0 radical (unpaired) electrons. The Morgan fingerprint density at radius 2 is 0.635 bits per heavy atom. The molecule has 0 saturated heterocycles. The predicted octanol–water partition coefficient (Wildman–Crippen LogP) is 21.6. The number of aliphatic hydroxyl groups is 2. The van der Waals surface area contributed by atoms with E-state index in [1.807, 2.05) is 0 Å². The number of hydrogen-bond acceptors (Lipinski definition) is 5. The molecule has 440 valence electrons. The summed E-state index contributed by atoms with van der Waals surface area (Å²) in [6.45, 7) is 4.97. The van der Waals surface area contributed by atoms with Crippen molar-refractivity contribution in [1.29, 1.82) is 0 Å². The maximum absolute atomic E-state index is 12.5. The Kier molecular flexibility index (Phi) is 62.9. The van der Waals surface area contributed by atoms with Crippen molar-refractivity contribution in [2.24, 2.45) is 0 Å². The zero-order chi connectivity index (χ0) is 53.6. The van der Waals surface area contributed by atoms with Crippen LogP contribution in [0.1, 0.15) is 386 Å². The van der Waals surface area contributed by atoms with Gasteiger partial charge in [0.2, 0.25) is 5.91 Å². The largest absolute Gasteiger partial charge is 0.466 e. The molecule has 0 aliphatic carbocycles. The van der Waals surface area contributed by atoms with E-state index in [0.29, 0.717) is 25.9 Å². The van der Waals surface area contributed by atoms with E-state index in [1.165, 1.54) is 308 Å². The van der Waals surface area contributed by atoms with Crippen LogP contribution in [0, 0.1) is 0 Å². The molecule has 0 fully saturated rings. The van der Waals surface area contributed by atoms with Crippen molar-refractivity contribution in [2.75, 3.05) is 13.2 Å². The molecule has 0 saturated carbocycles. The van der Waals surface area contributed by atoms with Gasteiger partial charge in [0.25, 0.3) is 0 Å². The van der Waals surface area contributed by atoms with Crippen LogP contribution in [0.2, 0.25) is 0 Å². The molecule has 0 aromatic rings. The van der Waals surface area contributed by atoms with E-state index in [2.05, 4.69) is 31.3 Å². The quantitative estimate of drug-likeness (QED) is 0.0320. The Balaban J connectivity index is 3.40. The zero-order valence-electron chi connectivity index (χ0n) is 50.4. The molecule has 0 aromatic heterocycles. The van der Waals surface area contributed by atoms with E-state index in [1.54, 1.807) is 0 Å². The van der Waals surface area contributed by atoms with Gasteiger partial charge in [0, 0.05) is 12.8 Å². The molecular weight excluding hydrogens is 911 g/mol. The van der Waals surface area contributed by atoms with Gasteiger partial charge in [-0.15, -0.1) is 0 Å². The lowest BCUT2D eigenvalue weighted by atomic mass is 10.0. The monoisotopic (exact) mass is 1040 g/mol. The van der Waals surface area contributed by atoms with E-state index < -0.39 is 12.1 Å². The van der Waals surface area contributed by atoms with Gasteiger partial charge in [0.1, 0.15) is 0 Å². The number of hydrogen-bond donors (Lipinski definition) is 3. The number of nitrogens with one attached hydrogen (secondary N) is 1. The van der Waals surface area contributed by atoms with Crippen LogP contribution in [0.15, 0.2) is 12.2 Å². The first-order valence-corrected chi connectivity index (χ1v) is 33.9. The summed E-state index contributed by atoms with van der Waals surface area (Å²) in [5.74, 6) is -0.0367. The average Bonchev–Trinajstić information content (AvgIpc) is 3.40. The van der Waals surface area contributed by atoms with Crippen LogP contribution in [0.5, 0.6) is 0 Å². The Morgan fingerprint density at radius 3 is 0.959 bits per heavy atom. The minimum absolute atomic E-state index is 0.00186. The maximum atomic E-state index is 12.5. The number of rotatable bonds is 64. The molecule has 6 nitrogen and oxygen atoms in total. The second-order valence-electron chi connectivity index (χ2n) is 23.5. The van der Waals surface area contributed by atoms with Crippen molar-refractivity contribution in [3.8, 4) is 0 Å². The minimum atomic E-state index is -0.671. The number of esters is 1. The molecule has 2 unspecified atom stereocenters. The molecule has 0 spiro atoms. The van der Waals surface area contributed by atoms with Crippen molar-refractivity contribution >= 4 is 11.9 Å². The summed E-state index contributed by atoms with van der Waals surface area (Å²) in [6.07, 6.45) is 78.0. The van der Waals surface area contributed by atoms with Gasteiger partial charge in [-0.2, -0.15) is 0 Å². The highest BCUT2D eigenvalue weighted by Crippen LogP contribution is 2.19. The lowest BCUT2D eigenvalue weighted by Crippen LogP contribution is -2.45. The summed E-state index contributed by atoms with van der Waals surface area (Å²) < 4.78 is 5.50. The normalized spacial score (nSPS) is 12.5. The highest BCUT2D eigenvalue weighted by Gasteiger charge is 2.20. The van der Waals surface area contributed by atoms with Crippen molar-refractivity contribution in [2.45, 2.75) is 398 Å². The van der Waals surface area contributed by atoms with E-state index in [4.69, 9.17) is 4.74 Å². The van der Waals surface area contributed by atoms with Crippen LogP contribution in [0.4, 0.5) is 0 Å². The molecule has 74 heavy (non-hydrogen) atoms. The van der Waals surface area contributed by atoms with Gasteiger partial charge >= 0.3 is 5.97 Å². The van der Waals surface area contributed by atoms with E-state index in [0.717, 1.165) is 44.9 Å². The summed E-state index contributed by atoms with van der Waals surface area (Å²) in [4.78, 5) is 24.7. The molecule has 6 heteroatoms. The second kappa shape index (κ2) is 64.1. The predicted molar refractivity (Wildman–Crippen MR) is 324 cm³/mol. The molecule has 3 N–H and O–H groups in total. The van der Waals surface area contributed by atoms with Gasteiger partial charge in [-0.05, 0) is 51.4 Å². The van der Waals surface area contributed by atoms with Crippen molar-refractivity contribution in [3.05, 3.63) is 12.2 Å². The van der Waals surface area contributed by atoms with Crippen LogP contribution < -0.4 is 5.32 Å². The number of allylic oxidation sites excluding steroid dienone is 2. The number of carbonyl (C=O) groups excluding carboxylic acids is 2. The smallest absolute Gasteiger partial charge is 0.305 e. The fraction of sp³-hybridized carbons (Fsp3) is 0.941. The fourth-order valence-electron chi connectivity index (χ4n) is 10.9. The number of aliphatic hydroxyl groups excluding tert-OH is 2. The van der Waals surface area contributed by atoms with Gasteiger partial charge in [0.15, 0.2) is 0 Å². The Bertz CT molecular complexity index is 1110. The number of ether oxygens (including phenoxy) is 1. The van der Waals surface area contributed by atoms with Crippen LogP contribution in [-0.4, -0.2) is 47.4 Å². The van der Waals surface area contributed by atoms with Crippen molar-refractivity contribution in [1.82, 2.24) is 5.32 Å². The maximum Gasteiger partial charge on any atom is 0.305 e. The third-order valence-corrected chi connectivity index (χ3v) is 16.1. The molecular formula is C68H133NO5. The van der Waals surface area contributed by atoms with Crippen molar-refractivity contribution < 1.29 is 24.5 Å². The fourth-order valence-corrected chi connectivity index (χ4v) is 10.9. The van der Waals surface area contributed by atoms with Crippen LogP contribution in [0.3, 0.4) is 0 Å². The molecule has 0 aliphatic rings. The van der Waals surface area contributed by atoms with Crippen LogP contribution in [-0.2, 0) is 14.3 Å². The second-order valence-corrected chi connectivity index (χ2v) is 23.5. The van der Waals surface area contributed by atoms with Gasteiger partial charge in [-0.3, -0.25) is 9.59 Å². The van der Waals surface area contributed by atoms with Gasteiger partial charge < -0.3 is 20.3 Å². The zero-order valence-corrected chi connectivity index (χ0v) is 50.4. The van der Waals surface area contributed by atoms with Crippen molar-refractivity contribution in [3.63, 3.8) is 0 Å². The number of amides is 1. The number of unbranched alkanes of at least 4 members (excludes halogenated alkanes) is 51. The topological polar surface area (TPSA) is 95.9 Å². The summed E-state index contributed by atoms with van der Waals surface area (Å²) in [5, 5.41) is 23.4. The van der Waals surface area contributed by atoms with E-state index >= 15 is 0 Å². The van der Waals surface area contributed by atoms with Gasteiger partial charge in [-0.1, -0.05) is 334 Å². The molecule has 2 atom stereocenters. The third-order valence-electron chi connectivity index (χ3n) is 16.1. The molecule has 0 rings (SSSR count). The summed E-state index contributed by atoms with van der Waals surface area (Å²) >= 11 is 0. The highest BCUT2D eigenvalue weighted by molar-refractivity contribution is 5.76. The lowest BCUT2D eigenvalue weighted by molar-refractivity contribution is -0.143. The van der Waals surface area contributed by atoms with Crippen LogP contribution in [0.25, 0.3) is 0 Å². The first-order chi connectivity index (χ1) is 36.5. The summed E-state index contributed by atoms with van der Waals surface area (Å²) in [6, 6.07) is -0.549. The number of carbonyl (C=O) groups is 2. The SMILES string of the molecule is CCCCCCCC/C=C\CCCCCCCCCCCC(=O)OCCCCCCCCCCCCCCCCCC(=O)NC(CO)C(O)CCCCCCCCCCCCCCCCCCCCCCCCC. The summed E-state index contributed by atoms with van der Waals surface area (Å²) in [5.41, 5.74) is 0. The van der Waals surface area contributed by atoms with Crippen LogP contribution >= 0.6 is 0 Å². The highest BCUT2D eigenvalue weighted by atomic mass is 16.5. The first-order valence-electron chi connectivity index (χ1n) is 33.9. The average molecular weight is 1040 g/mol. The standard InChI is InChI=1S/C68H133NO5/c1-3-5-7-9-11-13-15-17-19-21-23-24-25-26-28-29-32-36-40-44-48-52-56-60-66(71)65(64-70)69-67(72)61-57-53-49-45-41-37-33-31-35-39-43-47-51-55-59-63-74-68(73)62-58-54-50-46-42-38-34-30-27-22-20-18-16-14-12-10-8-6-4-2/h18,20,65-66,70-71H,3-17,19,21-64H2,1-2H3,(H,69,72)/b20-18-. The lowest BCUT2D eigenvalue weighted by Gasteiger charge is -2.22. The Hall–Kier alpha value is -1.40. The van der Waals surface area contributed by atoms with E-state index in [9.17, 15) is 19.8 Å². The van der Waals surface area contributed by atoms with Gasteiger partial charge in [0.05, 0.1) is 25.4 Å². The molecule has 1 amide bonds. The first kappa shape index (κ1) is 72.6. The third kappa shape index (κ3) is 59.8. The summed E-state index contributed by atoms with van der Waals surface area (Å²) in [7, 11) is 0. The molecule has 0 aromatic carbocycles. The molecule has 0 bridgehead atoms. The molecule has 0 aliphatic heterocycles. The van der Waals surface area contributed by atoms with E-state index in [-0.39, 0.29) is 18.5 Å². The molecule has 0 heterocycles. The minimum Gasteiger partial charge on any atom is -0.466 e.